The summed E-state index contributed by atoms with van der Waals surface area (Å²) < 4.78 is 45.2. The quantitative estimate of drug-likeness (QED) is 0.760. The number of thiophene rings is 1. The fourth-order valence-electron chi connectivity index (χ4n) is 3.68. The SMILES string of the molecule is Cn1nc(-c2ccc(C(=O)OC3CN4CCC3CC4)s2)cc1C(F)(F)F. The van der Waals surface area contributed by atoms with Crippen molar-refractivity contribution in [2.75, 3.05) is 19.6 Å². The first kappa shape index (κ1) is 17.5. The summed E-state index contributed by atoms with van der Waals surface area (Å²) in [5.41, 5.74) is -0.621. The van der Waals surface area contributed by atoms with Crippen molar-refractivity contribution in [3.05, 3.63) is 28.8 Å². The Bertz CT molecular complexity index is 822. The number of rotatable bonds is 3. The van der Waals surface area contributed by atoms with Gasteiger partial charge in [0, 0.05) is 13.6 Å². The van der Waals surface area contributed by atoms with Crippen LogP contribution in [0.4, 0.5) is 13.2 Å². The second kappa shape index (κ2) is 6.38. The fourth-order valence-corrected chi connectivity index (χ4v) is 4.52. The van der Waals surface area contributed by atoms with E-state index in [0.717, 1.165) is 54.6 Å². The summed E-state index contributed by atoms with van der Waals surface area (Å²) in [6.45, 7) is 2.88. The number of alkyl halides is 3. The summed E-state index contributed by atoms with van der Waals surface area (Å²) in [5, 5.41) is 3.92. The summed E-state index contributed by atoms with van der Waals surface area (Å²) >= 11 is 1.10. The zero-order valence-corrected chi connectivity index (χ0v) is 14.9. The number of nitrogens with zero attached hydrogens (tertiary/aromatic N) is 3. The minimum Gasteiger partial charge on any atom is -0.457 e. The molecule has 0 N–H and O–H groups in total. The van der Waals surface area contributed by atoms with Crippen molar-refractivity contribution < 1.29 is 22.7 Å². The van der Waals surface area contributed by atoms with E-state index in [1.807, 2.05) is 0 Å². The minimum absolute atomic E-state index is 0.0952. The maximum Gasteiger partial charge on any atom is 0.433 e. The van der Waals surface area contributed by atoms with Crippen LogP contribution in [-0.4, -0.2) is 46.4 Å². The van der Waals surface area contributed by atoms with Gasteiger partial charge < -0.3 is 4.74 Å². The van der Waals surface area contributed by atoms with Crippen molar-refractivity contribution in [1.29, 1.82) is 0 Å². The van der Waals surface area contributed by atoms with Gasteiger partial charge in [0.2, 0.25) is 0 Å². The highest BCUT2D eigenvalue weighted by molar-refractivity contribution is 7.17. The highest BCUT2D eigenvalue weighted by Gasteiger charge is 2.37. The molecule has 3 fully saturated rings. The van der Waals surface area contributed by atoms with Crippen LogP contribution < -0.4 is 0 Å². The molecule has 5 heterocycles. The molecule has 5 rings (SSSR count). The summed E-state index contributed by atoms with van der Waals surface area (Å²) in [4.78, 5) is 15.6. The topological polar surface area (TPSA) is 47.4 Å². The van der Waals surface area contributed by atoms with Crippen molar-refractivity contribution >= 4 is 17.3 Å². The molecule has 0 amide bonds. The Labute approximate surface area is 152 Å². The summed E-state index contributed by atoms with van der Waals surface area (Å²) in [6, 6.07) is 4.19. The first-order valence-electron chi connectivity index (χ1n) is 8.46. The van der Waals surface area contributed by atoms with Crippen molar-refractivity contribution in [1.82, 2.24) is 14.7 Å². The number of carbonyl (C=O) groups is 1. The molecule has 0 aliphatic carbocycles. The Balaban J connectivity index is 1.49. The van der Waals surface area contributed by atoms with Crippen molar-refractivity contribution in [2.45, 2.75) is 25.1 Å². The minimum atomic E-state index is -4.46. The van der Waals surface area contributed by atoms with Gasteiger partial charge in [-0.3, -0.25) is 9.58 Å². The Morgan fingerprint density at radius 2 is 2.04 bits per heavy atom. The van der Waals surface area contributed by atoms with Crippen molar-refractivity contribution in [3.63, 3.8) is 0 Å². The summed E-state index contributed by atoms with van der Waals surface area (Å²) in [7, 11) is 1.25. The Morgan fingerprint density at radius 3 is 2.62 bits per heavy atom. The molecule has 0 radical (unpaired) electrons. The molecule has 2 aromatic rings. The smallest absolute Gasteiger partial charge is 0.433 e. The van der Waals surface area contributed by atoms with Crippen LogP contribution in [0.15, 0.2) is 18.2 Å². The molecule has 140 valence electrons. The number of piperidine rings is 3. The van der Waals surface area contributed by atoms with Crippen LogP contribution in [0.1, 0.15) is 28.2 Å². The first-order chi connectivity index (χ1) is 12.3. The molecule has 3 aliphatic rings. The third-order valence-corrected chi connectivity index (χ3v) is 6.17. The standard InChI is InChI=1S/C17H18F3N3O2S/c1-22-15(17(18,19)20)8-11(21-22)13-2-3-14(26-13)16(24)25-12-9-23-6-4-10(12)5-7-23/h2-3,8,10,12H,4-7,9H2,1H3. The van der Waals surface area contributed by atoms with Gasteiger partial charge in [-0.05, 0) is 50.0 Å². The van der Waals surface area contributed by atoms with E-state index in [9.17, 15) is 18.0 Å². The van der Waals surface area contributed by atoms with E-state index in [2.05, 4.69) is 10.00 Å². The van der Waals surface area contributed by atoms with Crippen LogP contribution in [0.25, 0.3) is 10.6 Å². The van der Waals surface area contributed by atoms with E-state index in [-0.39, 0.29) is 11.8 Å². The zero-order valence-electron chi connectivity index (χ0n) is 14.1. The highest BCUT2D eigenvalue weighted by Crippen LogP contribution is 2.35. The molecule has 0 aromatic carbocycles. The van der Waals surface area contributed by atoms with Gasteiger partial charge in [-0.1, -0.05) is 0 Å². The van der Waals surface area contributed by atoms with Crippen LogP contribution in [0.5, 0.6) is 0 Å². The molecule has 3 aliphatic heterocycles. The lowest BCUT2D eigenvalue weighted by atomic mass is 9.86. The molecule has 3 saturated heterocycles. The normalized spacial score (nSPS) is 25.5. The number of carbonyl (C=O) groups excluding carboxylic acids is 1. The van der Waals surface area contributed by atoms with Crippen molar-refractivity contribution in [2.24, 2.45) is 13.0 Å². The number of halogens is 3. The lowest BCUT2D eigenvalue weighted by Gasteiger charge is -2.43. The lowest BCUT2D eigenvalue weighted by Crippen LogP contribution is -2.51. The highest BCUT2D eigenvalue weighted by atomic mass is 32.1. The molecule has 9 heteroatoms. The monoisotopic (exact) mass is 385 g/mol. The van der Waals surface area contributed by atoms with Crippen LogP contribution >= 0.6 is 11.3 Å². The molecule has 2 bridgehead atoms. The third kappa shape index (κ3) is 3.25. The van der Waals surface area contributed by atoms with E-state index in [4.69, 9.17) is 4.74 Å². The number of aromatic nitrogens is 2. The van der Waals surface area contributed by atoms with Crippen LogP contribution in [0, 0.1) is 5.92 Å². The molecule has 0 saturated carbocycles. The van der Waals surface area contributed by atoms with Gasteiger partial charge in [0.05, 0.1) is 4.88 Å². The summed E-state index contributed by atoms with van der Waals surface area (Å²) in [6.07, 6.45) is -2.47. The Morgan fingerprint density at radius 1 is 1.31 bits per heavy atom. The van der Waals surface area contributed by atoms with Gasteiger partial charge in [0.15, 0.2) is 0 Å². The fraction of sp³-hybridized carbons (Fsp3) is 0.529. The van der Waals surface area contributed by atoms with Gasteiger partial charge in [-0.2, -0.15) is 18.3 Å². The number of hydrogen-bond acceptors (Lipinski definition) is 5. The molecule has 5 nitrogen and oxygen atoms in total. The molecule has 1 atom stereocenters. The Kier molecular flexibility index (Phi) is 4.31. The number of aryl methyl sites for hydroxylation is 1. The number of ether oxygens (including phenoxy) is 1. The average molecular weight is 385 g/mol. The molecular formula is C17H18F3N3O2S. The van der Waals surface area contributed by atoms with Gasteiger partial charge in [0.1, 0.15) is 22.4 Å². The zero-order chi connectivity index (χ0) is 18.5. The molecular weight excluding hydrogens is 367 g/mol. The maximum atomic E-state index is 12.9. The van der Waals surface area contributed by atoms with Crippen LogP contribution in [0.3, 0.4) is 0 Å². The van der Waals surface area contributed by atoms with E-state index in [0.29, 0.717) is 15.7 Å². The lowest BCUT2D eigenvalue weighted by molar-refractivity contribution is -0.143. The van der Waals surface area contributed by atoms with Gasteiger partial charge in [0.25, 0.3) is 0 Å². The molecule has 0 spiro atoms. The van der Waals surface area contributed by atoms with E-state index < -0.39 is 17.8 Å². The predicted molar refractivity (Wildman–Crippen MR) is 89.9 cm³/mol. The van der Waals surface area contributed by atoms with E-state index >= 15 is 0 Å². The average Bonchev–Trinajstić information content (AvgIpc) is 3.22. The van der Waals surface area contributed by atoms with Crippen molar-refractivity contribution in [3.8, 4) is 10.6 Å². The maximum absolute atomic E-state index is 12.9. The number of hydrogen-bond donors (Lipinski definition) is 0. The first-order valence-corrected chi connectivity index (χ1v) is 9.27. The second-order valence-electron chi connectivity index (χ2n) is 6.78. The molecule has 2 aromatic heterocycles. The molecule has 1 unspecified atom stereocenters. The molecule has 26 heavy (non-hydrogen) atoms. The largest absolute Gasteiger partial charge is 0.457 e. The third-order valence-electron chi connectivity index (χ3n) is 5.08. The van der Waals surface area contributed by atoms with Gasteiger partial charge in [-0.25, -0.2) is 4.79 Å². The number of esters is 1. The predicted octanol–water partition coefficient (Wildman–Crippen LogP) is 3.42. The van der Waals surface area contributed by atoms with Crippen LogP contribution in [-0.2, 0) is 18.0 Å². The Hall–Kier alpha value is -1.87. The summed E-state index contributed by atoms with van der Waals surface area (Å²) in [5.74, 6) is 0.000456. The van der Waals surface area contributed by atoms with E-state index in [1.165, 1.54) is 7.05 Å². The second-order valence-corrected chi connectivity index (χ2v) is 7.87. The van der Waals surface area contributed by atoms with Gasteiger partial charge >= 0.3 is 12.1 Å². The van der Waals surface area contributed by atoms with E-state index in [1.54, 1.807) is 12.1 Å². The van der Waals surface area contributed by atoms with Crippen LogP contribution in [0.2, 0.25) is 0 Å². The number of fused-ring (bicyclic) bond motifs is 3. The van der Waals surface area contributed by atoms with Gasteiger partial charge in [-0.15, -0.1) is 11.3 Å².